The SMILES string of the molecule is Cc1cccc(N2CCN(/C=C(/C#N)C(=O)N(C)C3CCN(C)CC3)CC2)c1C.Cl. The highest BCUT2D eigenvalue weighted by Crippen LogP contribution is 2.24. The molecule has 2 fully saturated rings. The van der Waals surface area contributed by atoms with Crippen molar-refractivity contribution < 1.29 is 4.79 Å². The lowest BCUT2D eigenvalue weighted by Crippen LogP contribution is -2.46. The summed E-state index contributed by atoms with van der Waals surface area (Å²) < 4.78 is 0. The van der Waals surface area contributed by atoms with Crippen molar-refractivity contribution in [2.24, 2.45) is 0 Å². The van der Waals surface area contributed by atoms with Crippen molar-refractivity contribution in [3.8, 4) is 6.07 Å². The number of carbonyl (C=O) groups excluding carboxylic acids is 1. The van der Waals surface area contributed by atoms with Gasteiger partial charge in [0.15, 0.2) is 0 Å². The molecule has 0 bridgehead atoms. The number of nitriles is 1. The molecule has 1 aromatic rings. The predicted molar refractivity (Wildman–Crippen MR) is 124 cm³/mol. The van der Waals surface area contributed by atoms with Crippen LogP contribution < -0.4 is 4.90 Å². The number of likely N-dealkylation sites (N-methyl/N-ethyl adjacent to an activating group) is 1. The number of piperazine rings is 1. The maximum absolute atomic E-state index is 12.9. The van der Waals surface area contributed by atoms with Crippen molar-refractivity contribution in [2.45, 2.75) is 32.7 Å². The Morgan fingerprint density at radius 3 is 2.37 bits per heavy atom. The molecule has 30 heavy (non-hydrogen) atoms. The minimum Gasteiger partial charge on any atom is -0.373 e. The highest BCUT2D eigenvalue weighted by molar-refractivity contribution is 5.97. The van der Waals surface area contributed by atoms with Crippen LogP contribution in [-0.2, 0) is 4.79 Å². The summed E-state index contributed by atoms with van der Waals surface area (Å²) in [5.74, 6) is -0.154. The second-order valence-corrected chi connectivity index (χ2v) is 8.35. The molecule has 2 aliphatic heterocycles. The topological polar surface area (TPSA) is 53.8 Å². The Kier molecular flexibility index (Phi) is 8.57. The molecule has 0 radical (unpaired) electrons. The Hall–Kier alpha value is -2.23. The maximum Gasteiger partial charge on any atom is 0.265 e. The van der Waals surface area contributed by atoms with E-state index in [0.717, 1.165) is 52.1 Å². The minimum atomic E-state index is -0.154. The smallest absolute Gasteiger partial charge is 0.265 e. The van der Waals surface area contributed by atoms with E-state index in [1.165, 1.54) is 16.8 Å². The van der Waals surface area contributed by atoms with Crippen LogP contribution in [0.15, 0.2) is 30.0 Å². The summed E-state index contributed by atoms with van der Waals surface area (Å²) in [7, 11) is 3.94. The summed E-state index contributed by atoms with van der Waals surface area (Å²) in [4.78, 5) is 21.4. The van der Waals surface area contributed by atoms with E-state index in [0.29, 0.717) is 0 Å². The van der Waals surface area contributed by atoms with Crippen LogP contribution in [0.2, 0.25) is 0 Å². The van der Waals surface area contributed by atoms with Crippen molar-refractivity contribution >= 4 is 24.0 Å². The molecule has 0 aliphatic carbocycles. The van der Waals surface area contributed by atoms with E-state index >= 15 is 0 Å². The Balaban J connectivity index is 0.00000320. The van der Waals surface area contributed by atoms with Gasteiger partial charge in [-0.15, -0.1) is 12.4 Å². The number of carbonyl (C=O) groups is 1. The van der Waals surface area contributed by atoms with Crippen molar-refractivity contribution in [3.63, 3.8) is 0 Å². The fourth-order valence-electron chi connectivity index (χ4n) is 4.22. The van der Waals surface area contributed by atoms with Crippen LogP contribution in [0.3, 0.4) is 0 Å². The van der Waals surface area contributed by atoms with E-state index in [9.17, 15) is 10.1 Å². The second-order valence-electron chi connectivity index (χ2n) is 8.35. The minimum absolute atomic E-state index is 0. The standard InChI is InChI=1S/C23H33N5O.ClH/c1-18-6-5-7-22(19(18)2)28-14-12-27(13-15-28)17-20(16-24)23(29)26(4)21-8-10-25(3)11-9-21;/h5-7,17,21H,8-15H2,1-4H3;1H/b20-17-;. The number of amides is 1. The van der Waals surface area contributed by atoms with Gasteiger partial charge in [-0.3, -0.25) is 4.79 Å². The van der Waals surface area contributed by atoms with Gasteiger partial charge in [-0.25, -0.2) is 0 Å². The molecule has 0 saturated carbocycles. The summed E-state index contributed by atoms with van der Waals surface area (Å²) >= 11 is 0. The zero-order chi connectivity index (χ0) is 21.0. The Bertz CT molecular complexity index is 802. The first-order valence-electron chi connectivity index (χ1n) is 10.5. The third kappa shape index (κ3) is 5.47. The molecule has 0 atom stereocenters. The number of anilines is 1. The molecule has 164 valence electrons. The molecule has 1 amide bonds. The molecule has 2 aliphatic rings. The summed E-state index contributed by atoms with van der Waals surface area (Å²) in [6.07, 6.45) is 3.70. The first kappa shape index (κ1) is 24.0. The molecule has 0 aromatic heterocycles. The lowest BCUT2D eigenvalue weighted by Gasteiger charge is -2.37. The van der Waals surface area contributed by atoms with Crippen LogP contribution in [0.4, 0.5) is 5.69 Å². The molecule has 7 heteroatoms. The lowest BCUT2D eigenvalue weighted by molar-refractivity contribution is -0.128. The van der Waals surface area contributed by atoms with Crippen LogP contribution in [0.25, 0.3) is 0 Å². The number of rotatable bonds is 4. The summed E-state index contributed by atoms with van der Waals surface area (Å²) in [6, 6.07) is 8.78. The highest BCUT2D eigenvalue weighted by atomic mass is 35.5. The van der Waals surface area contributed by atoms with Crippen molar-refractivity contribution in [3.05, 3.63) is 41.1 Å². The number of halogens is 1. The number of aryl methyl sites for hydroxylation is 1. The number of benzene rings is 1. The van der Waals surface area contributed by atoms with E-state index in [-0.39, 0.29) is 29.9 Å². The van der Waals surface area contributed by atoms with Crippen LogP contribution in [-0.4, -0.2) is 80.0 Å². The monoisotopic (exact) mass is 431 g/mol. The second kappa shape index (κ2) is 10.7. The van der Waals surface area contributed by atoms with E-state index < -0.39 is 0 Å². The Labute approximate surface area is 187 Å². The Morgan fingerprint density at radius 1 is 1.13 bits per heavy atom. The van der Waals surface area contributed by atoms with Crippen LogP contribution in [0.1, 0.15) is 24.0 Å². The van der Waals surface area contributed by atoms with E-state index in [2.05, 4.69) is 59.9 Å². The normalized spacial score (nSPS) is 18.6. The number of nitrogens with zero attached hydrogens (tertiary/aromatic N) is 5. The molecule has 3 rings (SSSR count). The van der Waals surface area contributed by atoms with Gasteiger partial charge in [0.2, 0.25) is 0 Å². The van der Waals surface area contributed by atoms with Gasteiger partial charge in [-0.05, 0) is 64.0 Å². The average Bonchev–Trinajstić information content (AvgIpc) is 2.74. The zero-order valence-corrected chi connectivity index (χ0v) is 19.4. The first-order valence-corrected chi connectivity index (χ1v) is 10.5. The van der Waals surface area contributed by atoms with Gasteiger partial charge in [0.1, 0.15) is 11.6 Å². The molecule has 2 saturated heterocycles. The molecule has 2 heterocycles. The number of hydrogen-bond donors (Lipinski definition) is 0. The summed E-state index contributed by atoms with van der Waals surface area (Å²) in [6.45, 7) is 9.69. The average molecular weight is 432 g/mol. The molecule has 0 N–H and O–H groups in total. The molecule has 0 unspecified atom stereocenters. The largest absolute Gasteiger partial charge is 0.373 e. The third-order valence-corrected chi connectivity index (χ3v) is 6.45. The number of likely N-dealkylation sites (tertiary alicyclic amines) is 1. The van der Waals surface area contributed by atoms with Gasteiger partial charge < -0.3 is 19.6 Å². The molecule has 1 aromatic carbocycles. The lowest BCUT2D eigenvalue weighted by atomic mass is 10.0. The van der Waals surface area contributed by atoms with Crippen LogP contribution in [0.5, 0.6) is 0 Å². The number of hydrogen-bond acceptors (Lipinski definition) is 5. The van der Waals surface area contributed by atoms with Crippen LogP contribution in [0, 0.1) is 25.2 Å². The fourth-order valence-corrected chi connectivity index (χ4v) is 4.22. The zero-order valence-electron chi connectivity index (χ0n) is 18.6. The van der Waals surface area contributed by atoms with Crippen molar-refractivity contribution in [1.29, 1.82) is 5.26 Å². The van der Waals surface area contributed by atoms with Crippen LogP contribution >= 0.6 is 12.4 Å². The van der Waals surface area contributed by atoms with Gasteiger partial charge in [-0.2, -0.15) is 5.26 Å². The number of piperidine rings is 1. The van der Waals surface area contributed by atoms with Gasteiger partial charge in [0.25, 0.3) is 5.91 Å². The molecule has 6 nitrogen and oxygen atoms in total. The highest BCUT2D eigenvalue weighted by Gasteiger charge is 2.27. The first-order chi connectivity index (χ1) is 13.9. The summed E-state index contributed by atoms with van der Waals surface area (Å²) in [5.41, 5.74) is 4.15. The molecular formula is C23H34ClN5O. The van der Waals surface area contributed by atoms with E-state index in [1.54, 1.807) is 11.1 Å². The van der Waals surface area contributed by atoms with Gasteiger partial charge >= 0.3 is 0 Å². The predicted octanol–water partition coefficient (Wildman–Crippen LogP) is 2.81. The summed E-state index contributed by atoms with van der Waals surface area (Å²) in [5, 5.41) is 9.60. The quantitative estimate of drug-likeness (QED) is 0.542. The van der Waals surface area contributed by atoms with Gasteiger partial charge in [0.05, 0.1) is 0 Å². The van der Waals surface area contributed by atoms with E-state index in [4.69, 9.17) is 0 Å². The van der Waals surface area contributed by atoms with Crippen molar-refractivity contribution in [1.82, 2.24) is 14.7 Å². The Morgan fingerprint density at radius 2 is 1.77 bits per heavy atom. The molecule has 0 spiro atoms. The van der Waals surface area contributed by atoms with Crippen molar-refractivity contribution in [2.75, 3.05) is 58.3 Å². The maximum atomic E-state index is 12.9. The van der Waals surface area contributed by atoms with E-state index in [1.807, 2.05) is 7.05 Å². The van der Waals surface area contributed by atoms with Gasteiger partial charge in [-0.1, -0.05) is 12.1 Å². The van der Waals surface area contributed by atoms with Gasteiger partial charge in [0, 0.05) is 51.2 Å². The third-order valence-electron chi connectivity index (χ3n) is 6.45. The fraction of sp³-hybridized carbons (Fsp3) is 0.565. The molecular weight excluding hydrogens is 398 g/mol.